The summed E-state index contributed by atoms with van der Waals surface area (Å²) in [6, 6.07) is 3.76. The van der Waals surface area contributed by atoms with E-state index in [0.717, 1.165) is 6.07 Å². The third kappa shape index (κ3) is 4.50. The lowest BCUT2D eigenvalue weighted by atomic mass is 10.3. The van der Waals surface area contributed by atoms with Crippen molar-refractivity contribution in [2.24, 2.45) is 0 Å². The molecular formula is C10H11ClFNO4S. The van der Waals surface area contributed by atoms with Crippen LogP contribution in [0.1, 0.15) is 12.8 Å². The number of hydrogen-bond acceptors (Lipinski definition) is 3. The molecule has 8 heteroatoms. The first kappa shape index (κ1) is 14.7. The first-order chi connectivity index (χ1) is 8.32. The normalized spacial score (nSPS) is 11.2. The molecule has 18 heavy (non-hydrogen) atoms. The summed E-state index contributed by atoms with van der Waals surface area (Å²) >= 11 is 5.66. The lowest BCUT2D eigenvalue weighted by molar-refractivity contribution is -0.137. The number of anilines is 1. The molecule has 0 bridgehead atoms. The van der Waals surface area contributed by atoms with Crippen molar-refractivity contribution < 1.29 is 22.7 Å². The maximum Gasteiger partial charge on any atom is 0.303 e. The maximum absolute atomic E-state index is 13.3. The molecule has 2 N–H and O–H groups in total. The van der Waals surface area contributed by atoms with E-state index in [1.165, 1.54) is 12.1 Å². The van der Waals surface area contributed by atoms with Crippen molar-refractivity contribution in [1.29, 1.82) is 0 Å². The molecule has 1 aromatic carbocycles. The van der Waals surface area contributed by atoms with Gasteiger partial charge in [0.1, 0.15) is 11.5 Å². The van der Waals surface area contributed by atoms with Gasteiger partial charge >= 0.3 is 5.97 Å². The van der Waals surface area contributed by atoms with Crippen molar-refractivity contribution in [2.75, 3.05) is 10.5 Å². The number of benzene rings is 1. The lowest BCUT2D eigenvalue weighted by Gasteiger charge is -2.09. The fourth-order valence-electron chi connectivity index (χ4n) is 1.22. The average molecular weight is 296 g/mol. The monoisotopic (exact) mass is 295 g/mol. The Balaban J connectivity index is 2.74. The maximum atomic E-state index is 13.3. The molecule has 0 radical (unpaired) electrons. The highest BCUT2D eigenvalue weighted by atomic mass is 35.5. The third-order valence-corrected chi connectivity index (χ3v) is 3.68. The van der Waals surface area contributed by atoms with E-state index in [9.17, 15) is 17.6 Å². The minimum Gasteiger partial charge on any atom is -0.481 e. The van der Waals surface area contributed by atoms with Crippen LogP contribution in [0.4, 0.5) is 10.1 Å². The van der Waals surface area contributed by atoms with Crippen molar-refractivity contribution in [3.05, 3.63) is 29.0 Å². The smallest absolute Gasteiger partial charge is 0.303 e. The molecule has 1 rings (SSSR count). The Kier molecular flexibility index (Phi) is 4.92. The number of halogens is 2. The standard InChI is InChI=1S/C10H11ClFNO4S/c11-7-3-1-4-8(12)10(7)13-18(16,17)6-2-5-9(14)15/h1,3-4,13H,2,5-6H2,(H,14,15). The minimum absolute atomic E-state index is 0.0585. The van der Waals surface area contributed by atoms with Crippen LogP contribution in [-0.2, 0) is 14.8 Å². The number of rotatable bonds is 6. The number of nitrogens with one attached hydrogen (secondary N) is 1. The number of sulfonamides is 1. The minimum atomic E-state index is -3.81. The van der Waals surface area contributed by atoms with Crippen LogP contribution >= 0.6 is 11.6 Å². The molecule has 0 aliphatic heterocycles. The second kappa shape index (κ2) is 6.01. The highest BCUT2D eigenvalue weighted by Crippen LogP contribution is 2.25. The average Bonchev–Trinajstić information content (AvgIpc) is 2.23. The summed E-state index contributed by atoms with van der Waals surface area (Å²) in [7, 11) is -3.81. The second-order valence-electron chi connectivity index (χ2n) is 3.51. The van der Waals surface area contributed by atoms with Crippen molar-refractivity contribution in [3.63, 3.8) is 0 Å². The molecule has 0 heterocycles. The van der Waals surface area contributed by atoms with E-state index >= 15 is 0 Å². The van der Waals surface area contributed by atoms with E-state index in [4.69, 9.17) is 16.7 Å². The zero-order chi connectivity index (χ0) is 13.8. The topological polar surface area (TPSA) is 83.5 Å². The van der Waals surface area contributed by atoms with Gasteiger partial charge in [-0.05, 0) is 18.6 Å². The summed E-state index contributed by atoms with van der Waals surface area (Å²) < 4.78 is 38.4. The number of aliphatic carboxylic acids is 1. The van der Waals surface area contributed by atoms with Crippen LogP contribution in [0.25, 0.3) is 0 Å². The molecular weight excluding hydrogens is 285 g/mol. The van der Waals surface area contributed by atoms with Crippen LogP contribution in [0.2, 0.25) is 5.02 Å². The van der Waals surface area contributed by atoms with Gasteiger partial charge in [-0.25, -0.2) is 12.8 Å². The second-order valence-corrected chi connectivity index (χ2v) is 5.76. The number of para-hydroxylation sites is 1. The molecule has 0 amide bonds. The van der Waals surface area contributed by atoms with Gasteiger partial charge in [-0.1, -0.05) is 17.7 Å². The molecule has 1 aromatic rings. The highest BCUT2D eigenvalue weighted by Gasteiger charge is 2.16. The highest BCUT2D eigenvalue weighted by molar-refractivity contribution is 7.92. The fourth-order valence-corrected chi connectivity index (χ4v) is 2.63. The van der Waals surface area contributed by atoms with Crippen molar-refractivity contribution in [3.8, 4) is 0 Å². The predicted molar refractivity (Wildman–Crippen MR) is 65.7 cm³/mol. The fraction of sp³-hybridized carbons (Fsp3) is 0.300. The van der Waals surface area contributed by atoms with Crippen molar-refractivity contribution in [1.82, 2.24) is 0 Å². The molecule has 100 valence electrons. The van der Waals surface area contributed by atoms with Gasteiger partial charge in [-0.2, -0.15) is 0 Å². The van der Waals surface area contributed by atoms with E-state index in [0.29, 0.717) is 0 Å². The van der Waals surface area contributed by atoms with Crippen LogP contribution in [0.15, 0.2) is 18.2 Å². The van der Waals surface area contributed by atoms with E-state index in [1.54, 1.807) is 0 Å². The molecule has 0 unspecified atom stereocenters. The zero-order valence-corrected chi connectivity index (χ0v) is 10.8. The first-order valence-corrected chi connectivity index (χ1v) is 7.01. The van der Waals surface area contributed by atoms with E-state index in [-0.39, 0.29) is 23.6 Å². The molecule has 5 nitrogen and oxygen atoms in total. The number of carbonyl (C=O) groups is 1. The Hall–Kier alpha value is -1.34. The Morgan fingerprint density at radius 1 is 1.44 bits per heavy atom. The molecule has 0 aliphatic rings. The first-order valence-electron chi connectivity index (χ1n) is 4.98. The van der Waals surface area contributed by atoms with Crippen LogP contribution in [-0.4, -0.2) is 25.2 Å². The van der Waals surface area contributed by atoms with E-state index < -0.39 is 27.6 Å². The Bertz CT molecular complexity index is 527. The largest absolute Gasteiger partial charge is 0.481 e. The van der Waals surface area contributed by atoms with Gasteiger partial charge in [0.05, 0.1) is 10.8 Å². The molecule has 0 atom stereocenters. The van der Waals surface area contributed by atoms with Gasteiger partial charge in [0.2, 0.25) is 10.0 Å². The Labute approximate surface area is 109 Å². The summed E-state index contributed by atoms with van der Waals surface area (Å²) in [5.74, 6) is -2.29. The lowest BCUT2D eigenvalue weighted by Crippen LogP contribution is -2.18. The van der Waals surface area contributed by atoms with Gasteiger partial charge in [0.25, 0.3) is 0 Å². The Morgan fingerprint density at radius 3 is 2.67 bits per heavy atom. The number of carboxylic acid groups (broad SMARTS) is 1. The quantitative estimate of drug-likeness (QED) is 0.841. The summed E-state index contributed by atoms with van der Waals surface area (Å²) in [6.07, 6.45) is -0.331. The van der Waals surface area contributed by atoms with Crippen LogP contribution in [0.3, 0.4) is 0 Å². The molecule has 0 aromatic heterocycles. The summed E-state index contributed by atoms with van der Waals surface area (Å²) in [5.41, 5.74) is -0.325. The predicted octanol–water partition coefficient (Wildman–Crippen LogP) is 2.09. The summed E-state index contributed by atoms with van der Waals surface area (Å²) in [4.78, 5) is 10.3. The van der Waals surface area contributed by atoms with E-state index in [1.807, 2.05) is 4.72 Å². The zero-order valence-electron chi connectivity index (χ0n) is 9.19. The van der Waals surface area contributed by atoms with Gasteiger partial charge < -0.3 is 5.11 Å². The van der Waals surface area contributed by atoms with Gasteiger partial charge in [0.15, 0.2) is 0 Å². The van der Waals surface area contributed by atoms with Gasteiger partial charge in [-0.3, -0.25) is 9.52 Å². The number of carboxylic acids is 1. The molecule has 0 aliphatic carbocycles. The summed E-state index contributed by atoms with van der Waals surface area (Å²) in [5, 5.41) is 8.33. The molecule has 0 spiro atoms. The molecule has 0 saturated heterocycles. The number of hydrogen-bond donors (Lipinski definition) is 2. The van der Waals surface area contributed by atoms with Crippen LogP contribution in [0.5, 0.6) is 0 Å². The summed E-state index contributed by atoms with van der Waals surface area (Å²) in [6.45, 7) is 0. The van der Waals surface area contributed by atoms with Crippen molar-refractivity contribution in [2.45, 2.75) is 12.8 Å². The van der Waals surface area contributed by atoms with Gasteiger partial charge in [0, 0.05) is 6.42 Å². The third-order valence-electron chi connectivity index (χ3n) is 2.02. The SMILES string of the molecule is O=C(O)CCCS(=O)(=O)Nc1c(F)cccc1Cl. The van der Waals surface area contributed by atoms with E-state index in [2.05, 4.69) is 0 Å². The Morgan fingerprint density at radius 2 is 2.11 bits per heavy atom. The van der Waals surface area contributed by atoms with Crippen LogP contribution in [0, 0.1) is 5.82 Å². The molecule has 0 fully saturated rings. The van der Waals surface area contributed by atoms with Gasteiger partial charge in [-0.15, -0.1) is 0 Å². The van der Waals surface area contributed by atoms with Crippen LogP contribution < -0.4 is 4.72 Å². The molecule has 0 saturated carbocycles. The van der Waals surface area contributed by atoms with Crippen molar-refractivity contribution >= 4 is 33.3 Å².